The van der Waals surface area contributed by atoms with E-state index in [0.29, 0.717) is 51.4 Å². The molecule has 1 aromatic heterocycles. The van der Waals surface area contributed by atoms with Crippen molar-refractivity contribution < 1.29 is 19.1 Å². The van der Waals surface area contributed by atoms with Crippen LogP contribution in [0, 0.1) is 0 Å². The van der Waals surface area contributed by atoms with Gasteiger partial charge in [0.2, 0.25) is 5.91 Å². The van der Waals surface area contributed by atoms with Crippen molar-refractivity contribution in [3.63, 3.8) is 0 Å². The topological polar surface area (TPSA) is 87.8 Å². The van der Waals surface area contributed by atoms with Crippen molar-refractivity contribution in [2.24, 2.45) is 0 Å². The van der Waals surface area contributed by atoms with E-state index in [1.54, 1.807) is 7.11 Å². The lowest BCUT2D eigenvalue weighted by Gasteiger charge is -2.27. The van der Waals surface area contributed by atoms with E-state index in [0.717, 1.165) is 33.8 Å². The van der Waals surface area contributed by atoms with E-state index < -0.39 is 0 Å². The lowest BCUT2D eigenvalue weighted by atomic mass is 9.98. The minimum Gasteiger partial charge on any atom is -0.497 e. The van der Waals surface area contributed by atoms with E-state index in [9.17, 15) is 9.59 Å². The number of amides is 2. The first-order valence-corrected chi connectivity index (χ1v) is 11.1. The summed E-state index contributed by atoms with van der Waals surface area (Å²) in [6, 6.07) is 15.2. The molecule has 8 nitrogen and oxygen atoms in total. The van der Waals surface area contributed by atoms with Crippen LogP contribution in [0.2, 0.25) is 0 Å². The first-order valence-electron chi connectivity index (χ1n) is 11.1. The average Bonchev–Trinajstić information content (AvgIpc) is 3.27. The number of morpholine rings is 1. The van der Waals surface area contributed by atoms with Gasteiger partial charge in [0.25, 0.3) is 5.91 Å². The Morgan fingerprint density at radius 3 is 2.52 bits per heavy atom. The summed E-state index contributed by atoms with van der Waals surface area (Å²) in [5.74, 6) is 0.875. The van der Waals surface area contributed by atoms with Crippen LogP contribution in [0.25, 0.3) is 11.3 Å². The molecule has 2 aliphatic rings. The van der Waals surface area contributed by atoms with Crippen LogP contribution in [0.4, 0.5) is 0 Å². The van der Waals surface area contributed by atoms with Gasteiger partial charge in [-0.3, -0.25) is 14.7 Å². The van der Waals surface area contributed by atoms with Crippen molar-refractivity contribution in [1.29, 1.82) is 0 Å². The Kier molecular flexibility index (Phi) is 5.83. The second kappa shape index (κ2) is 9.07. The summed E-state index contributed by atoms with van der Waals surface area (Å²) in [6.45, 7) is 3.40. The number of H-pyrrole nitrogens is 1. The van der Waals surface area contributed by atoms with Gasteiger partial charge in [-0.1, -0.05) is 24.3 Å². The molecule has 1 saturated heterocycles. The average molecular weight is 447 g/mol. The van der Waals surface area contributed by atoms with Crippen molar-refractivity contribution in [3.05, 3.63) is 70.9 Å². The van der Waals surface area contributed by atoms with E-state index >= 15 is 0 Å². The molecule has 3 heterocycles. The van der Waals surface area contributed by atoms with Gasteiger partial charge in [0, 0.05) is 36.3 Å². The maximum Gasteiger partial charge on any atom is 0.254 e. The maximum atomic E-state index is 12.9. The monoisotopic (exact) mass is 446 g/mol. The van der Waals surface area contributed by atoms with Gasteiger partial charge in [0.15, 0.2) is 0 Å². The minimum atomic E-state index is 0.0123. The third-order valence-electron chi connectivity index (χ3n) is 6.22. The number of ether oxygens (including phenoxy) is 2. The fraction of sp³-hybridized carbons (Fsp3) is 0.320. The maximum absolute atomic E-state index is 12.9. The first kappa shape index (κ1) is 21.2. The number of carbonyl (C=O) groups excluding carboxylic acids is 2. The van der Waals surface area contributed by atoms with Gasteiger partial charge in [-0.05, 0) is 29.8 Å². The molecule has 0 bridgehead atoms. The highest BCUT2D eigenvalue weighted by molar-refractivity contribution is 5.95. The number of fused-ring (bicyclic) bond motifs is 1. The Hall–Kier alpha value is -3.65. The van der Waals surface area contributed by atoms with Crippen LogP contribution in [0.1, 0.15) is 27.2 Å². The van der Waals surface area contributed by atoms with Crippen molar-refractivity contribution >= 4 is 11.8 Å². The summed E-state index contributed by atoms with van der Waals surface area (Å²) in [7, 11) is 1.63. The number of hydrogen-bond donors (Lipinski definition) is 1. The van der Waals surface area contributed by atoms with Crippen LogP contribution in [0.5, 0.6) is 5.75 Å². The van der Waals surface area contributed by atoms with E-state index in [4.69, 9.17) is 9.47 Å². The van der Waals surface area contributed by atoms with Gasteiger partial charge in [-0.15, -0.1) is 0 Å². The molecule has 2 amide bonds. The predicted octanol–water partition coefficient (Wildman–Crippen LogP) is 2.64. The molecule has 170 valence electrons. The zero-order valence-electron chi connectivity index (χ0n) is 18.5. The largest absolute Gasteiger partial charge is 0.497 e. The zero-order valence-corrected chi connectivity index (χ0v) is 18.5. The van der Waals surface area contributed by atoms with Crippen molar-refractivity contribution in [2.45, 2.75) is 19.5 Å². The molecule has 3 aromatic rings. The SMILES string of the molecule is COc1ccc(CN2Cc3[nH]nc(-c4ccc(C(=O)N5CCOCC5)cc4)c3CC2=O)cc1. The Bertz CT molecular complexity index is 1150. The normalized spacial score (nSPS) is 16.0. The van der Waals surface area contributed by atoms with E-state index in [1.807, 2.05) is 58.3 Å². The second-order valence-corrected chi connectivity index (χ2v) is 8.29. The Balaban J connectivity index is 1.30. The molecule has 0 radical (unpaired) electrons. The van der Waals surface area contributed by atoms with Gasteiger partial charge in [0.05, 0.1) is 44.7 Å². The Labute approximate surface area is 192 Å². The number of hydrogen-bond acceptors (Lipinski definition) is 5. The molecule has 8 heteroatoms. The molecule has 0 atom stereocenters. The van der Waals surface area contributed by atoms with Crippen molar-refractivity contribution in [3.8, 4) is 17.0 Å². The molecule has 33 heavy (non-hydrogen) atoms. The standard InChI is InChI=1S/C25H26N4O4/c1-32-20-8-2-17(3-9-20)15-29-16-22-21(14-23(29)30)24(27-26-22)18-4-6-19(7-5-18)25(31)28-10-12-33-13-11-28/h2-9H,10-16H2,1H3,(H,26,27). The van der Waals surface area contributed by atoms with Crippen molar-refractivity contribution in [1.82, 2.24) is 20.0 Å². The molecule has 2 aliphatic heterocycles. The second-order valence-electron chi connectivity index (χ2n) is 8.29. The Morgan fingerprint density at radius 1 is 1.09 bits per heavy atom. The summed E-state index contributed by atoms with van der Waals surface area (Å²) in [4.78, 5) is 29.2. The molecule has 2 aromatic carbocycles. The molecule has 1 fully saturated rings. The van der Waals surface area contributed by atoms with Gasteiger partial charge in [-0.2, -0.15) is 5.10 Å². The van der Waals surface area contributed by atoms with Gasteiger partial charge < -0.3 is 19.3 Å². The number of aromatic nitrogens is 2. The number of benzene rings is 2. The Morgan fingerprint density at radius 2 is 1.82 bits per heavy atom. The number of rotatable bonds is 5. The third-order valence-corrected chi connectivity index (χ3v) is 6.22. The highest BCUT2D eigenvalue weighted by atomic mass is 16.5. The molecular weight excluding hydrogens is 420 g/mol. The van der Waals surface area contributed by atoms with E-state index in [1.165, 1.54) is 0 Å². The minimum absolute atomic E-state index is 0.0123. The van der Waals surface area contributed by atoms with E-state index in [2.05, 4.69) is 10.2 Å². The third kappa shape index (κ3) is 4.34. The van der Waals surface area contributed by atoms with Crippen LogP contribution in [0.3, 0.4) is 0 Å². The lowest BCUT2D eigenvalue weighted by molar-refractivity contribution is -0.132. The fourth-order valence-corrected chi connectivity index (χ4v) is 4.32. The summed E-state index contributed by atoms with van der Waals surface area (Å²) in [6.07, 6.45) is 0.297. The van der Waals surface area contributed by atoms with Crippen molar-refractivity contribution in [2.75, 3.05) is 33.4 Å². The molecule has 0 aliphatic carbocycles. The highest BCUT2D eigenvalue weighted by Crippen LogP contribution is 2.30. The molecule has 0 unspecified atom stereocenters. The molecule has 1 N–H and O–H groups in total. The zero-order chi connectivity index (χ0) is 22.8. The van der Waals surface area contributed by atoms with Crippen LogP contribution in [0.15, 0.2) is 48.5 Å². The van der Waals surface area contributed by atoms with Crippen LogP contribution in [-0.4, -0.2) is 65.2 Å². The number of nitrogens with zero attached hydrogens (tertiary/aromatic N) is 3. The molecule has 0 saturated carbocycles. The molecule has 0 spiro atoms. The van der Waals surface area contributed by atoms with Crippen LogP contribution < -0.4 is 4.74 Å². The summed E-state index contributed by atoms with van der Waals surface area (Å²) < 4.78 is 10.5. The predicted molar refractivity (Wildman–Crippen MR) is 122 cm³/mol. The number of aromatic amines is 1. The number of nitrogens with one attached hydrogen (secondary N) is 1. The van der Waals surface area contributed by atoms with Gasteiger partial charge >= 0.3 is 0 Å². The number of methoxy groups -OCH3 is 1. The quantitative estimate of drug-likeness (QED) is 0.651. The van der Waals surface area contributed by atoms with Gasteiger partial charge in [-0.25, -0.2) is 0 Å². The highest BCUT2D eigenvalue weighted by Gasteiger charge is 2.28. The lowest BCUT2D eigenvalue weighted by Crippen LogP contribution is -2.40. The number of carbonyl (C=O) groups is 2. The van der Waals surface area contributed by atoms with Gasteiger partial charge in [0.1, 0.15) is 5.75 Å². The molecular formula is C25H26N4O4. The first-order chi connectivity index (χ1) is 16.1. The summed E-state index contributed by atoms with van der Waals surface area (Å²) in [5.41, 5.74) is 5.24. The van der Waals surface area contributed by atoms with Crippen LogP contribution >= 0.6 is 0 Å². The summed E-state index contributed by atoms with van der Waals surface area (Å²) in [5, 5.41) is 7.61. The van der Waals surface area contributed by atoms with Crippen LogP contribution in [-0.2, 0) is 29.0 Å². The smallest absolute Gasteiger partial charge is 0.254 e. The summed E-state index contributed by atoms with van der Waals surface area (Å²) >= 11 is 0. The molecule has 5 rings (SSSR count). The van der Waals surface area contributed by atoms with E-state index in [-0.39, 0.29) is 11.8 Å². The fourth-order valence-electron chi connectivity index (χ4n) is 4.32.